The first-order valence-corrected chi connectivity index (χ1v) is 7.66. The van der Waals surface area contributed by atoms with Gasteiger partial charge >= 0.3 is 0 Å². The molecule has 1 aromatic heterocycles. The van der Waals surface area contributed by atoms with Crippen molar-refractivity contribution < 1.29 is 0 Å². The monoisotopic (exact) mass is 343 g/mol. The number of rotatable bonds is 5. The molecule has 0 spiro atoms. The molecule has 1 nitrogen and oxygen atoms in total. The first kappa shape index (κ1) is 16.8. The third-order valence-electron chi connectivity index (χ3n) is 1.74. The van der Waals surface area contributed by atoms with Crippen molar-refractivity contribution in [2.75, 3.05) is 12.3 Å². The molecule has 1 aromatic rings. The van der Waals surface area contributed by atoms with Gasteiger partial charge in [-0.3, -0.25) is 0 Å². The molecule has 0 aliphatic carbocycles. The van der Waals surface area contributed by atoms with E-state index in [0.29, 0.717) is 4.75 Å². The minimum Gasteiger partial charge on any atom is -0.311 e. The predicted octanol–water partition coefficient (Wildman–Crippen LogP) is 4.55. The Kier molecular flexibility index (Phi) is 8.37. The van der Waals surface area contributed by atoms with Crippen LogP contribution in [0.5, 0.6) is 0 Å². The highest BCUT2D eigenvalue weighted by atomic mass is 79.9. The second-order valence-electron chi connectivity index (χ2n) is 4.34. The van der Waals surface area contributed by atoms with Gasteiger partial charge in [-0.15, -0.1) is 23.7 Å². The molecule has 0 bridgehead atoms. The maximum absolute atomic E-state index is 3.47. The Morgan fingerprint density at radius 2 is 2.06 bits per heavy atom. The molecule has 1 heterocycles. The fourth-order valence-electron chi connectivity index (χ4n) is 1.09. The van der Waals surface area contributed by atoms with Crippen molar-refractivity contribution in [3.05, 3.63) is 20.8 Å². The first-order chi connectivity index (χ1) is 6.97. The molecule has 0 atom stereocenters. The number of hydrogen-bond donors (Lipinski definition) is 1. The summed E-state index contributed by atoms with van der Waals surface area (Å²) in [4.78, 5) is 1.39. The normalized spacial score (nSPS) is 11.2. The van der Waals surface area contributed by atoms with Gasteiger partial charge in [0.25, 0.3) is 0 Å². The van der Waals surface area contributed by atoms with Crippen LogP contribution in [0.15, 0.2) is 15.9 Å². The van der Waals surface area contributed by atoms with E-state index in [-0.39, 0.29) is 12.4 Å². The molecule has 0 fully saturated rings. The topological polar surface area (TPSA) is 12.0 Å². The average molecular weight is 345 g/mol. The third-order valence-corrected chi connectivity index (χ3v) is 4.64. The molecule has 94 valence electrons. The standard InChI is InChI=1S/C11H18BrNS2.ClH/c1-11(2,3)14-7-6-13-8-9-4-5-10(12)15-9;/h4-5,13H,6-8H2,1-3H3;1H. The van der Waals surface area contributed by atoms with Crippen LogP contribution in [0.1, 0.15) is 25.6 Å². The Morgan fingerprint density at radius 3 is 2.56 bits per heavy atom. The summed E-state index contributed by atoms with van der Waals surface area (Å²) >= 11 is 7.27. The van der Waals surface area contributed by atoms with Crippen molar-refractivity contribution in [2.45, 2.75) is 32.1 Å². The summed E-state index contributed by atoms with van der Waals surface area (Å²) < 4.78 is 1.59. The van der Waals surface area contributed by atoms with Crippen LogP contribution >= 0.6 is 51.4 Å². The van der Waals surface area contributed by atoms with Crippen LogP contribution in [0.25, 0.3) is 0 Å². The van der Waals surface area contributed by atoms with Crippen molar-refractivity contribution >= 4 is 51.4 Å². The van der Waals surface area contributed by atoms with Gasteiger partial charge in [0.15, 0.2) is 0 Å². The molecule has 0 radical (unpaired) electrons. The van der Waals surface area contributed by atoms with Gasteiger partial charge in [-0.05, 0) is 28.1 Å². The first-order valence-electron chi connectivity index (χ1n) is 5.06. The molecule has 16 heavy (non-hydrogen) atoms. The maximum atomic E-state index is 3.47. The summed E-state index contributed by atoms with van der Waals surface area (Å²) in [5, 5.41) is 3.46. The summed E-state index contributed by atoms with van der Waals surface area (Å²) in [5.74, 6) is 1.18. The second-order valence-corrected chi connectivity index (χ2v) is 8.81. The Bertz CT molecular complexity index is 296. The van der Waals surface area contributed by atoms with Crippen LogP contribution < -0.4 is 5.32 Å². The number of halogens is 2. The van der Waals surface area contributed by atoms with E-state index in [1.165, 1.54) is 14.4 Å². The zero-order chi connectivity index (χ0) is 11.3. The van der Waals surface area contributed by atoms with E-state index in [1.807, 2.05) is 11.8 Å². The lowest BCUT2D eigenvalue weighted by Gasteiger charge is -2.17. The summed E-state index contributed by atoms with van der Waals surface area (Å²) in [5.41, 5.74) is 0. The smallest absolute Gasteiger partial charge is 0.0701 e. The van der Waals surface area contributed by atoms with Crippen molar-refractivity contribution in [1.29, 1.82) is 0 Å². The third kappa shape index (κ3) is 7.96. The van der Waals surface area contributed by atoms with Crippen molar-refractivity contribution in [2.24, 2.45) is 0 Å². The molecule has 0 aromatic carbocycles. The summed E-state index contributed by atoms with van der Waals surface area (Å²) in [6.07, 6.45) is 0. The fraction of sp³-hybridized carbons (Fsp3) is 0.636. The Morgan fingerprint density at radius 1 is 1.38 bits per heavy atom. The lowest BCUT2D eigenvalue weighted by molar-refractivity contribution is 0.733. The van der Waals surface area contributed by atoms with Gasteiger partial charge in [-0.25, -0.2) is 0 Å². The van der Waals surface area contributed by atoms with E-state index in [0.717, 1.165) is 13.1 Å². The minimum atomic E-state index is 0. The van der Waals surface area contributed by atoms with Gasteiger partial charge in [0.2, 0.25) is 0 Å². The van der Waals surface area contributed by atoms with Crippen molar-refractivity contribution in [1.82, 2.24) is 5.32 Å². The molecule has 0 saturated carbocycles. The molecule has 1 rings (SSSR count). The largest absolute Gasteiger partial charge is 0.311 e. The summed E-state index contributed by atoms with van der Waals surface area (Å²) in [7, 11) is 0. The lowest BCUT2D eigenvalue weighted by Crippen LogP contribution is -2.19. The van der Waals surface area contributed by atoms with Crippen LogP contribution in [-0.2, 0) is 6.54 Å². The van der Waals surface area contributed by atoms with E-state index in [1.54, 1.807) is 11.3 Å². The summed E-state index contributed by atoms with van der Waals surface area (Å²) in [6.45, 7) is 8.84. The molecule has 1 N–H and O–H groups in total. The van der Waals surface area contributed by atoms with Gasteiger partial charge in [-0.2, -0.15) is 11.8 Å². The van der Waals surface area contributed by atoms with E-state index in [4.69, 9.17) is 0 Å². The van der Waals surface area contributed by atoms with Gasteiger partial charge in [0, 0.05) is 28.5 Å². The number of hydrogen-bond acceptors (Lipinski definition) is 3. The maximum Gasteiger partial charge on any atom is 0.0701 e. The van der Waals surface area contributed by atoms with Crippen LogP contribution in [0.4, 0.5) is 0 Å². The van der Waals surface area contributed by atoms with Crippen LogP contribution in [0, 0.1) is 0 Å². The second kappa shape index (κ2) is 7.98. The Hall–Kier alpha value is 0.780. The van der Waals surface area contributed by atoms with E-state index >= 15 is 0 Å². The zero-order valence-corrected chi connectivity index (χ0v) is 13.9. The quantitative estimate of drug-likeness (QED) is 0.786. The van der Waals surface area contributed by atoms with Gasteiger partial charge < -0.3 is 5.32 Å². The van der Waals surface area contributed by atoms with E-state index in [9.17, 15) is 0 Å². The van der Waals surface area contributed by atoms with Gasteiger partial charge in [-0.1, -0.05) is 20.8 Å². The Labute approximate surface area is 121 Å². The van der Waals surface area contributed by atoms with E-state index < -0.39 is 0 Å². The van der Waals surface area contributed by atoms with Gasteiger partial charge in [0.1, 0.15) is 0 Å². The zero-order valence-electron chi connectivity index (χ0n) is 9.88. The predicted molar refractivity (Wildman–Crippen MR) is 83.2 cm³/mol. The van der Waals surface area contributed by atoms with E-state index in [2.05, 4.69) is 54.2 Å². The summed E-state index contributed by atoms with van der Waals surface area (Å²) in [6, 6.07) is 4.27. The molecule has 0 saturated heterocycles. The van der Waals surface area contributed by atoms with Crippen molar-refractivity contribution in [3.63, 3.8) is 0 Å². The fourth-order valence-corrected chi connectivity index (χ4v) is 3.40. The lowest BCUT2D eigenvalue weighted by atomic mass is 10.3. The van der Waals surface area contributed by atoms with Gasteiger partial charge in [0.05, 0.1) is 3.79 Å². The average Bonchev–Trinajstić information content (AvgIpc) is 2.49. The SMILES string of the molecule is CC(C)(C)SCCNCc1ccc(Br)s1.Cl. The molecular formula is C11H19BrClNS2. The molecule has 0 amide bonds. The Balaban J connectivity index is 0.00000225. The number of nitrogens with one attached hydrogen (secondary N) is 1. The number of thiophene rings is 1. The molecular weight excluding hydrogens is 326 g/mol. The van der Waals surface area contributed by atoms with Crippen molar-refractivity contribution in [3.8, 4) is 0 Å². The highest BCUT2D eigenvalue weighted by Crippen LogP contribution is 2.23. The molecule has 5 heteroatoms. The molecule has 0 aliphatic rings. The van der Waals surface area contributed by atoms with Crippen LogP contribution in [0.3, 0.4) is 0 Å². The van der Waals surface area contributed by atoms with Crippen LogP contribution in [0.2, 0.25) is 0 Å². The molecule has 0 unspecified atom stereocenters. The highest BCUT2D eigenvalue weighted by Gasteiger charge is 2.09. The van der Waals surface area contributed by atoms with Crippen LogP contribution in [-0.4, -0.2) is 17.0 Å². The highest BCUT2D eigenvalue weighted by molar-refractivity contribution is 9.11. The number of thioether (sulfide) groups is 1. The minimum absolute atomic E-state index is 0. The molecule has 0 aliphatic heterocycles.